The molecular weight excluding hydrogens is 192 g/mol. The van der Waals surface area contributed by atoms with E-state index < -0.39 is 0 Å². The van der Waals surface area contributed by atoms with Crippen molar-refractivity contribution in [1.82, 2.24) is 10.3 Å². The fraction of sp³-hybridized carbons (Fsp3) is 0.545. The normalized spacial score (nSPS) is 12.7. The summed E-state index contributed by atoms with van der Waals surface area (Å²) >= 11 is 1.90. The molecule has 0 saturated carbocycles. The van der Waals surface area contributed by atoms with E-state index in [2.05, 4.69) is 23.5 Å². The largest absolute Gasteiger partial charge is 0.310 e. The van der Waals surface area contributed by atoms with Crippen molar-refractivity contribution in [1.29, 1.82) is 0 Å². The second-order valence-corrected chi connectivity index (χ2v) is 4.40. The summed E-state index contributed by atoms with van der Waals surface area (Å²) < 4.78 is 0. The third-order valence-electron chi connectivity index (χ3n) is 2.16. The van der Waals surface area contributed by atoms with Gasteiger partial charge in [-0.1, -0.05) is 0 Å². The van der Waals surface area contributed by atoms with Gasteiger partial charge in [0, 0.05) is 25.0 Å². The van der Waals surface area contributed by atoms with E-state index in [1.165, 1.54) is 17.7 Å². The van der Waals surface area contributed by atoms with Crippen LogP contribution < -0.4 is 5.32 Å². The smallest absolute Gasteiger partial charge is 0.0271 e. The lowest BCUT2D eigenvalue weighted by Crippen LogP contribution is -2.25. The zero-order valence-corrected chi connectivity index (χ0v) is 9.68. The van der Waals surface area contributed by atoms with Crippen LogP contribution in [0.4, 0.5) is 0 Å². The number of pyridine rings is 1. The van der Waals surface area contributed by atoms with Gasteiger partial charge < -0.3 is 5.32 Å². The van der Waals surface area contributed by atoms with Crippen molar-refractivity contribution in [3.63, 3.8) is 0 Å². The fourth-order valence-electron chi connectivity index (χ4n) is 1.19. The average Bonchev–Trinajstić information content (AvgIpc) is 2.25. The molecule has 0 radical (unpaired) electrons. The Hall–Kier alpha value is -0.540. The predicted octanol–water partition coefficient (Wildman–Crippen LogP) is 2.31. The number of rotatable bonds is 6. The van der Waals surface area contributed by atoms with E-state index in [1.807, 2.05) is 36.3 Å². The van der Waals surface area contributed by atoms with Gasteiger partial charge in [-0.25, -0.2) is 0 Å². The highest BCUT2D eigenvalue weighted by Crippen LogP contribution is 2.01. The molecular formula is C11H18N2S. The number of nitrogens with zero attached hydrogens (tertiary/aromatic N) is 1. The van der Waals surface area contributed by atoms with Crippen LogP contribution in [0.15, 0.2) is 24.5 Å². The molecule has 2 nitrogen and oxygen atoms in total. The maximum Gasteiger partial charge on any atom is 0.0271 e. The minimum atomic E-state index is 0.593. The van der Waals surface area contributed by atoms with Crippen molar-refractivity contribution < 1.29 is 0 Å². The lowest BCUT2D eigenvalue weighted by Gasteiger charge is -2.12. The summed E-state index contributed by atoms with van der Waals surface area (Å²) in [7, 11) is 0. The number of hydrogen-bond acceptors (Lipinski definition) is 3. The van der Waals surface area contributed by atoms with Gasteiger partial charge >= 0.3 is 0 Å². The molecule has 78 valence electrons. The maximum atomic E-state index is 3.99. The zero-order chi connectivity index (χ0) is 10.2. The Bertz CT molecular complexity index is 238. The number of thioether (sulfide) groups is 1. The number of nitrogens with one attached hydrogen (secondary N) is 1. The molecule has 1 heterocycles. The van der Waals surface area contributed by atoms with Crippen LogP contribution in [0, 0.1) is 0 Å². The molecule has 0 aliphatic rings. The predicted molar refractivity (Wildman–Crippen MR) is 63.5 cm³/mol. The molecule has 1 aromatic heterocycles. The van der Waals surface area contributed by atoms with Crippen LogP contribution in [0.3, 0.4) is 0 Å². The molecule has 1 atom stereocenters. The summed E-state index contributed by atoms with van der Waals surface area (Å²) in [5.74, 6) is 1.23. The Labute approximate surface area is 90.5 Å². The first-order valence-corrected chi connectivity index (χ1v) is 6.33. The lowest BCUT2D eigenvalue weighted by atomic mass is 10.2. The summed E-state index contributed by atoms with van der Waals surface area (Å²) in [5.41, 5.74) is 1.30. The van der Waals surface area contributed by atoms with E-state index in [4.69, 9.17) is 0 Å². The Morgan fingerprint density at radius 2 is 2.14 bits per heavy atom. The molecule has 1 unspecified atom stereocenters. The van der Waals surface area contributed by atoms with E-state index in [0.717, 1.165) is 6.54 Å². The fourth-order valence-corrected chi connectivity index (χ4v) is 1.78. The average molecular weight is 210 g/mol. The van der Waals surface area contributed by atoms with E-state index in [-0.39, 0.29) is 0 Å². The highest BCUT2D eigenvalue weighted by molar-refractivity contribution is 7.98. The molecule has 0 bridgehead atoms. The molecule has 0 aliphatic carbocycles. The number of aromatic nitrogens is 1. The first kappa shape index (κ1) is 11.5. The summed E-state index contributed by atoms with van der Waals surface area (Å²) in [6.07, 6.45) is 7.05. The van der Waals surface area contributed by atoms with Crippen molar-refractivity contribution in [2.75, 3.05) is 12.0 Å². The molecule has 0 saturated heterocycles. The Morgan fingerprint density at radius 3 is 2.79 bits per heavy atom. The van der Waals surface area contributed by atoms with Gasteiger partial charge in [-0.2, -0.15) is 11.8 Å². The number of hydrogen-bond donors (Lipinski definition) is 1. The molecule has 3 heteroatoms. The van der Waals surface area contributed by atoms with Gasteiger partial charge in [0.05, 0.1) is 0 Å². The summed E-state index contributed by atoms with van der Waals surface area (Å²) in [6, 6.07) is 4.69. The van der Waals surface area contributed by atoms with Gasteiger partial charge in [0.25, 0.3) is 0 Å². The van der Waals surface area contributed by atoms with E-state index >= 15 is 0 Å². The standard InChI is InChI=1S/C11H18N2S/c1-10(5-8-14-2)13-9-11-3-6-12-7-4-11/h3-4,6-7,10,13H,5,8-9H2,1-2H3. The summed E-state index contributed by atoms with van der Waals surface area (Å²) in [4.78, 5) is 3.99. The first-order valence-electron chi connectivity index (χ1n) is 4.94. The van der Waals surface area contributed by atoms with Crippen molar-refractivity contribution >= 4 is 11.8 Å². The van der Waals surface area contributed by atoms with Crippen LogP contribution in [0.2, 0.25) is 0 Å². The van der Waals surface area contributed by atoms with Gasteiger partial charge in [0.2, 0.25) is 0 Å². The molecule has 0 aromatic carbocycles. The van der Waals surface area contributed by atoms with Gasteiger partial charge in [-0.3, -0.25) is 4.98 Å². The quantitative estimate of drug-likeness (QED) is 0.780. The van der Waals surface area contributed by atoms with E-state index in [0.29, 0.717) is 6.04 Å². The SMILES string of the molecule is CSCCC(C)NCc1ccncc1. The highest BCUT2D eigenvalue weighted by atomic mass is 32.2. The van der Waals surface area contributed by atoms with Crippen LogP contribution >= 0.6 is 11.8 Å². The molecule has 0 fully saturated rings. The van der Waals surface area contributed by atoms with E-state index in [1.54, 1.807) is 0 Å². The third-order valence-corrected chi connectivity index (χ3v) is 2.80. The molecule has 0 spiro atoms. The van der Waals surface area contributed by atoms with Crippen molar-refractivity contribution in [3.8, 4) is 0 Å². The monoisotopic (exact) mass is 210 g/mol. The van der Waals surface area contributed by atoms with Gasteiger partial charge in [-0.05, 0) is 43.0 Å². The topological polar surface area (TPSA) is 24.9 Å². The third kappa shape index (κ3) is 4.63. The minimum absolute atomic E-state index is 0.593. The zero-order valence-electron chi connectivity index (χ0n) is 8.86. The van der Waals surface area contributed by atoms with Crippen LogP contribution in [-0.4, -0.2) is 23.0 Å². The van der Waals surface area contributed by atoms with Crippen LogP contribution in [0.25, 0.3) is 0 Å². The minimum Gasteiger partial charge on any atom is -0.310 e. The van der Waals surface area contributed by atoms with Crippen molar-refractivity contribution in [3.05, 3.63) is 30.1 Å². The molecule has 1 rings (SSSR count). The van der Waals surface area contributed by atoms with E-state index in [9.17, 15) is 0 Å². The summed E-state index contributed by atoms with van der Waals surface area (Å²) in [5, 5.41) is 3.49. The van der Waals surface area contributed by atoms with Crippen molar-refractivity contribution in [2.24, 2.45) is 0 Å². The van der Waals surface area contributed by atoms with Crippen LogP contribution in [0.1, 0.15) is 18.9 Å². The van der Waals surface area contributed by atoms with Crippen LogP contribution in [-0.2, 0) is 6.54 Å². The molecule has 0 amide bonds. The van der Waals surface area contributed by atoms with Crippen LogP contribution in [0.5, 0.6) is 0 Å². The summed E-state index contributed by atoms with van der Waals surface area (Å²) in [6.45, 7) is 3.18. The second kappa shape index (κ2) is 6.85. The maximum absolute atomic E-state index is 3.99. The molecule has 1 aromatic rings. The van der Waals surface area contributed by atoms with Gasteiger partial charge in [-0.15, -0.1) is 0 Å². The Morgan fingerprint density at radius 1 is 1.43 bits per heavy atom. The molecule has 14 heavy (non-hydrogen) atoms. The van der Waals surface area contributed by atoms with Gasteiger partial charge in [0.15, 0.2) is 0 Å². The Kier molecular flexibility index (Phi) is 5.64. The molecule has 1 N–H and O–H groups in total. The van der Waals surface area contributed by atoms with Gasteiger partial charge in [0.1, 0.15) is 0 Å². The first-order chi connectivity index (χ1) is 6.83. The lowest BCUT2D eigenvalue weighted by molar-refractivity contribution is 0.537. The molecule has 0 aliphatic heterocycles. The van der Waals surface area contributed by atoms with Crippen molar-refractivity contribution in [2.45, 2.75) is 25.9 Å². The Balaban J connectivity index is 2.20. The highest BCUT2D eigenvalue weighted by Gasteiger charge is 2.00. The second-order valence-electron chi connectivity index (χ2n) is 3.42.